The lowest BCUT2D eigenvalue weighted by Crippen LogP contribution is -2.46. The number of likely N-dealkylation sites (tertiary alicyclic amines) is 2. The Morgan fingerprint density at radius 3 is 2.61 bits per heavy atom. The summed E-state index contributed by atoms with van der Waals surface area (Å²) in [6.45, 7) is 2.40. The Morgan fingerprint density at radius 2 is 1.81 bits per heavy atom. The van der Waals surface area contributed by atoms with Gasteiger partial charge in [0.25, 0.3) is 0 Å². The van der Waals surface area contributed by atoms with E-state index in [0.29, 0.717) is 19.6 Å². The molecule has 6 heteroatoms. The number of para-hydroxylation sites is 1. The molecule has 2 amide bonds. The number of nitrogens with zero attached hydrogens (tertiary/aromatic N) is 2. The molecule has 0 aromatic heterocycles. The van der Waals surface area contributed by atoms with Gasteiger partial charge in [-0.1, -0.05) is 46.3 Å². The molecule has 0 saturated carbocycles. The molecule has 0 aliphatic carbocycles. The van der Waals surface area contributed by atoms with Crippen molar-refractivity contribution in [3.8, 4) is 5.75 Å². The first kappa shape index (κ1) is 21.9. The first-order valence-electron chi connectivity index (χ1n) is 11.1. The van der Waals surface area contributed by atoms with Crippen molar-refractivity contribution in [3.05, 3.63) is 64.6 Å². The third kappa shape index (κ3) is 5.48. The molecule has 0 bridgehead atoms. The van der Waals surface area contributed by atoms with E-state index in [9.17, 15) is 9.59 Å². The minimum absolute atomic E-state index is 0.0680. The van der Waals surface area contributed by atoms with E-state index in [1.54, 1.807) is 0 Å². The van der Waals surface area contributed by atoms with Gasteiger partial charge in [0.15, 0.2) is 0 Å². The topological polar surface area (TPSA) is 49.9 Å². The van der Waals surface area contributed by atoms with Crippen LogP contribution in [0.2, 0.25) is 0 Å². The van der Waals surface area contributed by atoms with Gasteiger partial charge in [-0.2, -0.15) is 0 Å². The van der Waals surface area contributed by atoms with Gasteiger partial charge in [-0.15, -0.1) is 0 Å². The van der Waals surface area contributed by atoms with Gasteiger partial charge in [-0.3, -0.25) is 9.59 Å². The van der Waals surface area contributed by atoms with Crippen LogP contribution in [0.25, 0.3) is 0 Å². The molecule has 2 aromatic rings. The minimum atomic E-state index is -0.111. The Bertz CT molecular complexity index is 905. The van der Waals surface area contributed by atoms with Gasteiger partial charge in [0, 0.05) is 24.1 Å². The predicted molar refractivity (Wildman–Crippen MR) is 124 cm³/mol. The number of carbonyl (C=O) groups excluding carboxylic acids is 2. The van der Waals surface area contributed by atoms with E-state index < -0.39 is 0 Å². The van der Waals surface area contributed by atoms with E-state index in [1.807, 2.05) is 52.3 Å². The molecule has 0 N–H and O–H groups in total. The second-order valence-corrected chi connectivity index (χ2v) is 9.25. The fraction of sp³-hybridized carbons (Fsp3) is 0.440. The summed E-state index contributed by atoms with van der Waals surface area (Å²) in [7, 11) is 0. The molecule has 31 heavy (non-hydrogen) atoms. The summed E-state index contributed by atoms with van der Waals surface area (Å²) >= 11 is 3.54. The highest BCUT2D eigenvalue weighted by Gasteiger charge is 2.36. The van der Waals surface area contributed by atoms with Crippen LogP contribution in [-0.4, -0.2) is 47.9 Å². The molecule has 2 aliphatic rings. The monoisotopic (exact) mass is 484 g/mol. The summed E-state index contributed by atoms with van der Waals surface area (Å²) in [5, 5.41) is 0. The van der Waals surface area contributed by atoms with Crippen molar-refractivity contribution in [1.29, 1.82) is 0 Å². The molecule has 2 unspecified atom stereocenters. The lowest BCUT2D eigenvalue weighted by molar-refractivity contribution is -0.141. The van der Waals surface area contributed by atoms with Gasteiger partial charge in [0.1, 0.15) is 5.75 Å². The van der Waals surface area contributed by atoms with E-state index in [2.05, 4.69) is 28.1 Å². The minimum Gasteiger partial charge on any atom is -0.493 e. The maximum atomic E-state index is 13.4. The zero-order valence-corrected chi connectivity index (χ0v) is 19.3. The number of hydrogen-bond acceptors (Lipinski definition) is 3. The third-order valence-electron chi connectivity index (χ3n) is 6.22. The summed E-state index contributed by atoms with van der Waals surface area (Å²) in [5.74, 6) is 0.925. The summed E-state index contributed by atoms with van der Waals surface area (Å²) < 4.78 is 6.71. The highest BCUT2D eigenvalue weighted by molar-refractivity contribution is 9.10. The zero-order chi connectivity index (χ0) is 21.6. The number of carbonyl (C=O) groups is 2. The quantitative estimate of drug-likeness (QED) is 0.590. The Kier molecular flexibility index (Phi) is 7.28. The molecule has 0 spiro atoms. The second-order valence-electron chi connectivity index (χ2n) is 8.34. The van der Waals surface area contributed by atoms with E-state index in [1.165, 1.54) is 5.56 Å². The van der Waals surface area contributed by atoms with Crippen molar-refractivity contribution in [1.82, 2.24) is 9.80 Å². The Balaban J connectivity index is 1.33. The maximum Gasteiger partial charge on any atom is 0.227 e. The van der Waals surface area contributed by atoms with Crippen LogP contribution in [0.3, 0.4) is 0 Å². The van der Waals surface area contributed by atoms with Crippen LogP contribution in [0.5, 0.6) is 5.75 Å². The van der Waals surface area contributed by atoms with Crippen LogP contribution in [0.4, 0.5) is 0 Å². The summed E-state index contributed by atoms with van der Waals surface area (Å²) in [4.78, 5) is 30.0. The smallest absolute Gasteiger partial charge is 0.227 e. The second kappa shape index (κ2) is 10.3. The molecule has 5 nitrogen and oxygen atoms in total. The van der Waals surface area contributed by atoms with E-state index in [-0.39, 0.29) is 23.8 Å². The van der Waals surface area contributed by atoms with Gasteiger partial charge >= 0.3 is 0 Å². The van der Waals surface area contributed by atoms with Gasteiger partial charge in [-0.25, -0.2) is 0 Å². The fourth-order valence-corrected chi connectivity index (χ4v) is 5.08. The maximum absolute atomic E-state index is 13.4. The average molecular weight is 485 g/mol. The molecule has 2 atom stereocenters. The standard InChI is InChI=1S/C25H29BrN2O3/c26-21-9-4-7-19(17-21)23-12-6-15-28(23)25(30)20-8-5-14-27(18-20)24(29)13-16-31-22-10-2-1-3-11-22/h1-4,7,9-11,17,20,23H,5-6,8,12-16,18H2. The fourth-order valence-electron chi connectivity index (χ4n) is 4.66. The van der Waals surface area contributed by atoms with Crippen molar-refractivity contribution >= 4 is 27.7 Å². The first-order chi connectivity index (χ1) is 15.1. The SMILES string of the molecule is O=C(CCOc1ccccc1)N1CCCC(C(=O)N2CCCC2c2cccc(Br)c2)C1. The summed E-state index contributed by atoms with van der Waals surface area (Å²) in [6, 6.07) is 17.9. The molecular formula is C25H29BrN2O3. The normalized spacial score (nSPS) is 21.2. The molecule has 2 saturated heterocycles. The van der Waals surface area contributed by atoms with Crippen molar-refractivity contribution in [2.24, 2.45) is 5.92 Å². The predicted octanol–water partition coefficient (Wildman–Crippen LogP) is 4.82. The zero-order valence-electron chi connectivity index (χ0n) is 17.7. The van der Waals surface area contributed by atoms with Gasteiger partial charge < -0.3 is 14.5 Å². The van der Waals surface area contributed by atoms with E-state index in [0.717, 1.165) is 49.0 Å². The van der Waals surface area contributed by atoms with Crippen LogP contribution in [0.1, 0.15) is 43.7 Å². The van der Waals surface area contributed by atoms with Crippen LogP contribution >= 0.6 is 15.9 Å². The first-order valence-corrected chi connectivity index (χ1v) is 11.9. The largest absolute Gasteiger partial charge is 0.493 e. The van der Waals surface area contributed by atoms with Crippen LogP contribution < -0.4 is 4.74 Å². The third-order valence-corrected chi connectivity index (χ3v) is 6.71. The summed E-state index contributed by atoms with van der Waals surface area (Å²) in [5.41, 5.74) is 1.18. The van der Waals surface area contributed by atoms with Crippen molar-refractivity contribution < 1.29 is 14.3 Å². The molecule has 2 aliphatic heterocycles. The Hall–Kier alpha value is -2.34. The van der Waals surface area contributed by atoms with Crippen LogP contribution in [0, 0.1) is 5.92 Å². The van der Waals surface area contributed by atoms with Crippen molar-refractivity contribution in [2.75, 3.05) is 26.2 Å². The average Bonchev–Trinajstić information content (AvgIpc) is 3.29. The molecule has 4 rings (SSSR count). The molecule has 0 radical (unpaired) electrons. The molecular weight excluding hydrogens is 456 g/mol. The molecule has 164 valence electrons. The molecule has 2 aromatic carbocycles. The Morgan fingerprint density at radius 1 is 1.00 bits per heavy atom. The highest BCUT2D eigenvalue weighted by atomic mass is 79.9. The Labute approximate surface area is 192 Å². The van der Waals surface area contributed by atoms with Gasteiger partial charge in [0.2, 0.25) is 11.8 Å². The van der Waals surface area contributed by atoms with Crippen molar-refractivity contribution in [2.45, 2.75) is 38.1 Å². The number of rotatable bonds is 6. The number of piperidine rings is 1. The number of ether oxygens (including phenoxy) is 1. The van der Waals surface area contributed by atoms with Gasteiger partial charge in [-0.05, 0) is 55.5 Å². The van der Waals surface area contributed by atoms with Crippen LogP contribution in [-0.2, 0) is 9.59 Å². The van der Waals surface area contributed by atoms with Gasteiger partial charge in [0.05, 0.1) is 25.0 Å². The lowest BCUT2D eigenvalue weighted by atomic mass is 9.95. The highest BCUT2D eigenvalue weighted by Crippen LogP contribution is 2.35. The molecule has 2 heterocycles. The van der Waals surface area contributed by atoms with Crippen LogP contribution in [0.15, 0.2) is 59.1 Å². The molecule has 2 fully saturated rings. The number of benzene rings is 2. The summed E-state index contributed by atoms with van der Waals surface area (Å²) in [6.07, 6.45) is 4.07. The number of amides is 2. The van der Waals surface area contributed by atoms with Crippen molar-refractivity contribution in [3.63, 3.8) is 0 Å². The number of halogens is 1. The number of hydrogen-bond donors (Lipinski definition) is 0. The lowest BCUT2D eigenvalue weighted by Gasteiger charge is -2.36. The van der Waals surface area contributed by atoms with E-state index >= 15 is 0 Å². The van der Waals surface area contributed by atoms with E-state index in [4.69, 9.17) is 4.74 Å².